The highest BCUT2D eigenvalue weighted by Crippen LogP contribution is 2.26. The van der Waals surface area contributed by atoms with Crippen LogP contribution in [-0.2, 0) is 10.0 Å². The Morgan fingerprint density at radius 3 is 2.76 bits per heavy atom. The number of aliphatic hydroxyl groups excluding tert-OH is 1. The summed E-state index contributed by atoms with van der Waals surface area (Å²) in [5.41, 5.74) is 5.37. The quantitative estimate of drug-likeness (QED) is 0.755. The Morgan fingerprint density at radius 2 is 2.24 bits per heavy atom. The van der Waals surface area contributed by atoms with Gasteiger partial charge in [0.1, 0.15) is 0 Å². The Morgan fingerprint density at radius 1 is 1.53 bits per heavy atom. The summed E-state index contributed by atoms with van der Waals surface area (Å²) in [6.07, 6.45) is -0.00176. The smallest absolute Gasteiger partial charge is 0.272 e. The fraction of sp³-hybridized carbons (Fsp3) is 0.750. The number of hydrogen-bond donors (Lipinski definition) is 2. The van der Waals surface area contributed by atoms with Gasteiger partial charge < -0.3 is 10.8 Å². The summed E-state index contributed by atoms with van der Waals surface area (Å²) in [7, 11) is -3.66. The van der Waals surface area contributed by atoms with Crippen LogP contribution < -0.4 is 5.73 Å². The van der Waals surface area contributed by atoms with Crippen molar-refractivity contribution in [1.29, 1.82) is 0 Å². The summed E-state index contributed by atoms with van der Waals surface area (Å²) in [5, 5.41) is 16.8. The lowest BCUT2D eigenvalue weighted by atomic mass is 9.98. The first kappa shape index (κ1) is 12.7. The Hall–Kier alpha value is -0.770. The predicted molar refractivity (Wildman–Crippen MR) is 62.9 cm³/mol. The third-order valence-corrected chi connectivity index (χ3v) is 5.83. The number of nitrogens with two attached hydrogens (primary N) is 1. The van der Waals surface area contributed by atoms with Crippen LogP contribution in [0.3, 0.4) is 0 Å². The number of nitrogen functional groups attached to an aromatic ring is 1. The molecule has 0 bridgehead atoms. The maximum atomic E-state index is 12.1. The Kier molecular flexibility index (Phi) is 3.34. The average molecular weight is 278 g/mol. The lowest BCUT2D eigenvalue weighted by molar-refractivity contribution is 0.0605. The van der Waals surface area contributed by atoms with E-state index >= 15 is 0 Å². The van der Waals surface area contributed by atoms with E-state index in [0.29, 0.717) is 13.0 Å². The van der Waals surface area contributed by atoms with Gasteiger partial charge >= 0.3 is 0 Å². The summed E-state index contributed by atoms with van der Waals surface area (Å²) in [5.74, 6) is 0.112. The molecule has 7 nitrogen and oxygen atoms in total. The molecule has 2 heterocycles. The van der Waals surface area contributed by atoms with E-state index in [4.69, 9.17) is 5.73 Å². The van der Waals surface area contributed by atoms with E-state index in [2.05, 4.69) is 10.2 Å². The summed E-state index contributed by atoms with van der Waals surface area (Å²) < 4.78 is 25.4. The molecule has 2 atom stereocenters. The minimum absolute atomic E-state index is 0.100. The van der Waals surface area contributed by atoms with E-state index in [1.807, 2.05) is 6.92 Å². The van der Waals surface area contributed by atoms with Crippen molar-refractivity contribution < 1.29 is 13.5 Å². The molecule has 96 valence electrons. The molecule has 1 saturated heterocycles. The highest BCUT2D eigenvalue weighted by Gasteiger charge is 2.34. The van der Waals surface area contributed by atoms with Crippen molar-refractivity contribution in [2.45, 2.75) is 23.8 Å². The molecule has 2 rings (SSSR count). The fourth-order valence-corrected chi connectivity index (χ4v) is 4.07. The van der Waals surface area contributed by atoms with E-state index in [-0.39, 0.29) is 21.9 Å². The van der Waals surface area contributed by atoms with Crippen LogP contribution in [0.4, 0.5) is 5.13 Å². The number of aromatic nitrogens is 2. The number of sulfonamides is 1. The van der Waals surface area contributed by atoms with E-state index in [9.17, 15) is 13.5 Å². The molecule has 1 aliphatic heterocycles. The zero-order valence-electron chi connectivity index (χ0n) is 9.28. The second-order valence-corrected chi connectivity index (χ2v) is 7.22. The molecule has 2 unspecified atom stereocenters. The van der Waals surface area contributed by atoms with Crippen LogP contribution in [0.15, 0.2) is 4.34 Å². The van der Waals surface area contributed by atoms with Crippen molar-refractivity contribution in [2.24, 2.45) is 5.92 Å². The largest absolute Gasteiger partial charge is 0.391 e. The van der Waals surface area contributed by atoms with Crippen molar-refractivity contribution in [3.8, 4) is 0 Å². The number of piperidine rings is 1. The molecule has 17 heavy (non-hydrogen) atoms. The molecule has 1 aromatic heterocycles. The van der Waals surface area contributed by atoms with Gasteiger partial charge in [0.15, 0.2) is 0 Å². The van der Waals surface area contributed by atoms with Gasteiger partial charge in [-0.2, -0.15) is 4.31 Å². The molecule has 0 radical (unpaired) electrons. The maximum absolute atomic E-state index is 12.1. The van der Waals surface area contributed by atoms with Crippen molar-refractivity contribution >= 4 is 26.5 Å². The monoisotopic (exact) mass is 278 g/mol. The normalized spacial score (nSPS) is 27.2. The van der Waals surface area contributed by atoms with Crippen LogP contribution in [0.25, 0.3) is 0 Å². The molecule has 3 N–H and O–H groups in total. The Bertz CT molecular complexity index is 501. The summed E-state index contributed by atoms with van der Waals surface area (Å²) in [4.78, 5) is 0. The fourth-order valence-electron chi connectivity index (χ4n) is 1.67. The Balaban J connectivity index is 2.22. The van der Waals surface area contributed by atoms with Gasteiger partial charge in [0.05, 0.1) is 6.10 Å². The molecule has 1 aromatic rings. The molecule has 0 aliphatic carbocycles. The molecular formula is C8H14N4O3S2. The molecular weight excluding hydrogens is 264 g/mol. The van der Waals surface area contributed by atoms with E-state index in [1.54, 1.807) is 0 Å². The minimum atomic E-state index is -3.66. The molecule has 0 aromatic carbocycles. The predicted octanol–water partition coefficient (Wildman–Crippen LogP) is -0.488. The molecule has 9 heteroatoms. The molecule has 0 amide bonds. The number of aliphatic hydroxyl groups is 1. The third-order valence-electron chi connectivity index (χ3n) is 2.86. The third kappa shape index (κ3) is 2.41. The highest BCUT2D eigenvalue weighted by atomic mass is 32.2. The lowest BCUT2D eigenvalue weighted by Gasteiger charge is -2.32. The van der Waals surface area contributed by atoms with E-state index in [1.165, 1.54) is 4.31 Å². The maximum Gasteiger partial charge on any atom is 0.272 e. The van der Waals surface area contributed by atoms with Gasteiger partial charge in [0.25, 0.3) is 10.0 Å². The first-order valence-electron chi connectivity index (χ1n) is 5.18. The van der Waals surface area contributed by atoms with Crippen molar-refractivity contribution in [3.05, 3.63) is 0 Å². The molecule has 0 saturated carbocycles. The highest BCUT2D eigenvalue weighted by molar-refractivity contribution is 7.91. The van der Waals surface area contributed by atoms with Crippen LogP contribution in [0, 0.1) is 5.92 Å². The van der Waals surface area contributed by atoms with Gasteiger partial charge in [-0.3, -0.25) is 0 Å². The van der Waals surface area contributed by atoms with Gasteiger partial charge in [0.2, 0.25) is 9.47 Å². The number of β-amino-alcohol motifs (C(OH)–C–C–N with tert-alkyl or cyclic N) is 1. The van der Waals surface area contributed by atoms with E-state index < -0.39 is 16.1 Å². The van der Waals surface area contributed by atoms with Crippen LogP contribution in [0.2, 0.25) is 0 Å². The minimum Gasteiger partial charge on any atom is -0.391 e. The first-order chi connectivity index (χ1) is 7.91. The summed E-state index contributed by atoms with van der Waals surface area (Å²) in [6, 6.07) is 0. The topological polar surface area (TPSA) is 109 Å². The molecule has 0 spiro atoms. The van der Waals surface area contributed by atoms with Crippen LogP contribution in [-0.4, -0.2) is 47.2 Å². The van der Waals surface area contributed by atoms with E-state index in [0.717, 1.165) is 11.3 Å². The van der Waals surface area contributed by atoms with Gasteiger partial charge in [-0.05, 0) is 12.3 Å². The lowest BCUT2D eigenvalue weighted by Crippen LogP contribution is -2.45. The van der Waals surface area contributed by atoms with Crippen molar-refractivity contribution in [2.75, 3.05) is 18.8 Å². The van der Waals surface area contributed by atoms with Crippen LogP contribution in [0.1, 0.15) is 13.3 Å². The Labute approximate surface area is 103 Å². The van der Waals surface area contributed by atoms with Crippen LogP contribution >= 0.6 is 11.3 Å². The number of hydrogen-bond acceptors (Lipinski definition) is 7. The van der Waals surface area contributed by atoms with Gasteiger partial charge in [-0.15, -0.1) is 10.2 Å². The average Bonchev–Trinajstić information content (AvgIpc) is 2.69. The molecule has 1 fully saturated rings. The second kappa shape index (κ2) is 4.48. The van der Waals surface area contributed by atoms with Gasteiger partial charge in [-0.1, -0.05) is 18.3 Å². The second-order valence-electron chi connectivity index (χ2n) is 4.10. The number of rotatable bonds is 2. The van der Waals surface area contributed by atoms with Gasteiger partial charge in [0, 0.05) is 13.1 Å². The number of anilines is 1. The van der Waals surface area contributed by atoms with Crippen molar-refractivity contribution in [1.82, 2.24) is 14.5 Å². The standard InChI is InChI=1S/C8H14N4O3S2/c1-5-2-3-12(4-6(5)13)17(14,15)8-11-10-7(9)16-8/h5-6,13H,2-4H2,1H3,(H2,9,10). The van der Waals surface area contributed by atoms with Crippen molar-refractivity contribution in [3.63, 3.8) is 0 Å². The SMILES string of the molecule is CC1CCN(S(=O)(=O)c2nnc(N)s2)CC1O. The summed E-state index contributed by atoms with van der Waals surface area (Å²) >= 11 is 0.835. The zero-order chi connectivity index (χ0) is 12.6. The van der Waals surface area contributed by atoms with Gasteiger partial charge in [-0.25, -0.2) is 8.42 Å². The van der Waals surface area contributed by atoms with Crippen LogP contribution in [0.5, 0.6) is 0 Å². The summed E-state index contributed by atoms with van der Waals surface area (Å²) in [6.45, 7) is 2.39. The molecule has 1 aliphatic rings. The zero-order valence-corrected chi connectivity index (χ0v) is 10.9. The number of nitrogens with zero attached hydrogens (tertiary/aromatic N) is 3. The first-order valence-corrected chi connectivity index (χ1v) is 7.44.